The zero-order valence-electron chi connectivity index (χ0n) is 14.0. The number of rotatable bonds is 2. The number of hydrogen-bond donors (Lipinski definition) is 1. The fourth-order valence-electron chi connectivity index (χ4n) is 3.15. The second-order valence-corrected chi connectivity index (χ2v) is 6.71. The summed E-state index contributed by atoms with van der Waals surface area (Å²) in [6.07, 6.45) is 8.87. The molecule has 4 rings (SSSR count). The van der Waals surface area contributed by atoms with Crippen molar-refractivity contribution in [1.29, 1.82) is 0 Å². The monoisotopic (exact) mass is 403 g/mol. The van der Waals surface area contributed by atoms with Crippen LogP contribution in [0.4, 0.5) is 0 Å². The van der Waals surface area contributed by atoms with Crippen LogP contribution in [0.25, 0.3) is 11.6 Å². The molecule has 6 nitrogen and oxygen atoms in total. The molecular formula is C19H15Cl2N3O3. The molecule has 1 N–H and O–H groups in total. The molecule has 3 aromatic rings. The normalized spacial score (nSPS) is 16.5. The number of allylic oxidation sites excluding steroid dienone is 1. The first-order valence-corrected chi connectivity index (χ1v) is 8.77. The molecule has 1 aromatic heterocycles. The van der Waals surface area contributed by atoms with Gasteiger partial charge in [0.15, 0.2) is 0 Å². The molecule has 138 valence electrons. The summed E-state index contributed by atoms with van der Waals surface area (Å²) in [6, 6.07) is 14.5. The van der Waals surface area contributed by atoms with Crippen LogP contribution in [-0.2, 0) is 6.42 Å². The Morgan fingerprint density at radius 2 is 1.96 bits per heavy atom. The van der Waals surface area contributed by atoms with E-state index in [0.29, 0.717) is 10.0 Å². The lowest BCUT2D eigenvalue weighted by atomic mass is 10.0. The molecular weight excluding hydrogens is 389 g/mol. The number of halogens is 2. The topological polar surface area (TPSA) is 81.2 Å². The second kappa shape index (κ2) is 8.24. The minimum atomic E-state index is -1.50. The summed E-state index contributed by atoms with van der Waals surface area (Å²) < 4.78 is 2.16. The maximum Gasteiger partial charge on any atom is 0.291 e. The fraction of sp³-hybridized carbons (Fsp3) is 0.105. The van der Waals surface area contributed by atoms with Crippen molar-refractivity contribution in [3.63, 3.8) is 0 Å². The predicted molar refractivity (Wildman–Crippen MR) is 105 cm³/mol. The van der Waals surface area contributed by atoms with Crippen molar-refractivity contribution < 1.29 is 10.3 Å². The smallest absolute Gasteiger partial charge is 0.291 e. The van der Waals surface area contributed by atoms with Crippen LogP contribution in [-0.4, -0.2) is 19.8 Å². The third-order valence-corrected chi connectivity index (χ3v) is 4.99. The Labute approximate surface area is 165 Å². The van der Waals surface area contributed by atoms with Crippen molar-refractivity contribution in [2.45, 2.75) is 12.5 Å². The van der Waals surface area contributed by atoms with Gasteiger partial charge < -0.3 is 9.77 Å². The number of fused-ring (bicyclic) bond motifs is 1. The van der Waals surface area contributed by atoms with E-state index in [4.69, 9.17) is 38.5 Å². The maximum atomic E-state index is 8.36. The maximum absolute atomic E-state index is 8.36. The number of nitrogens with zero attached hydrogens (tertiary/aromatic N) is 3. The average Bonchev–Trinajstić information content (AvgIpc) is 3.26. The van der Waals surface area contributed by atoms with Gasteiger partial charge >= 0.3 is 0 Å². The summed E-state index contributed by atoms with van der Waals surface area (Å²) in [6.45, 7) is 0. The second-order valence-electron chi connectivity index (χ2n) is 5.90. The van der Waals surface area contributed by atoms with Crippen LogP contribution in [0.3, 0.4) is 0 Å². The summed E-state index contributed by atoms with van der Waals surface area (Å²) in [5.41, 5.74) is 4.97. The van der Waals surface area contributed by atoms with Gasteiger partial charge in [-0.25, -0.2) is 4.98 Å². The highest BCUT2D eigenvalue weighted by atomic mass is 35.5. The fourth-order valence-corrected chi connectivity index (χ4v) is 3.46. The van der Waals surface area contributed by atoms with Gasteiger partial charge in [-0.15, -0.1) is 10.1 Å². The van der Waals surface area contributed by atoms with E-state index in [-0.39, 0.29) is 6.04 Å². The van der Waals surface area contributed by atoms with Gasteiger partial charge in [-0.1, -0.05) is 53.5 Å². The Balaban J connectivity index is 0.000000481. The van der Waals surface area contributed by atoms with E-state index < -0.39 is 5.09 Å². The van der Waals surface area contributed by atoms with E-state index in [1.54, 1.807) is 0 Å². The molecule has 1 heterocycles. The van der Waals surface area contributed by atoms with E-state index >= 15 is 0 Å². The van der Waals surface area contributed by atoms with Gasteiger partial charge in [-0.05, 0) is 46.9 Å². The molecule has 27 heavy (non-hydrogen) atoms. The van der Waals surface area contributed by atoms with Crippen LogP contribution in [0.1, 0.15) is 22.7 Å². The zero-order chi connectivity index (χ0) is 19.4. The Kier molecular flexibility index (Phi) is 5.78. The van der Waals surface area contributed by atoms with Crippen molar-refractivity contribution in [3.05, 3.63) is 98.0 Å². The molecule has 0 fully saturated rings. The SMILES string of the molecule is Clc1ccc(/C=C2\c3ccccc3CC2n2ccnc2)cc1Cl.O=[N+]([O-])O. The number of aromatic nitrogens is 2. The highest BCUT2D eigenvalue weighted by Gasteiger charge is 2.27. The van der Waals surface area contributed by atoms with E-state index in [2.05, 4.69) is 39.9 Å². The highest BCUT2D eigenvalue weighted by Crippen LogP contribution is 2.41. The third kappa shape index (κ3) is 4.48. The van der Waals surface area contributed by atoms with Crippen LogP contribution in [0.2, 0.25) is 10.0 Å². The van der Waals surface area contributed by atoms with Crippen LogP contribution >= 0.6 is 23.2 Å². The van der Waals surface area contributed by atoms with Gasteiger partial charge in [0, 0.05) is 12.4 Å². The molecule has 0 amide bonds. The van der Waals surface area contributed by atoms with Gasteiger partial charge in [0.05, 0.1) is 22.4 Å². The number of hydrogen-bond acceptors (Lipinski definition) is 3. The van der Waals surface area contributed by atoms with Crippen molar-refractivity contribution in [2.24, 2.45) is 0 Å². The minimum Gasteiger partial charge on any atom is -0.330 e. The van der Waals surface area contributed by atoms with E-state index in [1.807, 2.05) is 36.9 Å². The molecule has 8 heteroatoms. The largest absolute Gasteiger partial charge is 0.330 e. The van der Waals surface area contributed by atoms with Crippen LogP contribution < -0.4 is 0 Å². The Hall–Kier alpha value is -2.83. The molecule has 0 aliphatic heterocycles. The standard InChI is InChI=1S/C19H14Cl2N2.HNO3/c20-17-6-5-13(10-18(17)21)9-16-15-4-2-1-3-14(15)11-19(16)23-8-7-22-12-23;2-1(3)4/h1-10,12,19H,11H2;(H,2,3,4)/b16-9+;. The van der Waals surface area contributed by atoms with Gasteiger partial charge in [0.25, 0.3) is 5.09 Å². The predicted octanol–water partition coefficient (Wildman–Crippen LogP) is 5.18. The summed E-state index contributed by atoms with van der Waals surface area (Å²) in [5, 5.41) is 14.8. The molecule has 0 saturated heterocycles. The van der Waals surface area contributed by atoms with Crippen molar-refractivity contribution in [3.8, 4) is 0 Å². The van der Waals surface area contributed by atoms with E-state index in [0.717, 1.165) is 12.0 Å². The third-order valence-electron chi connectivity index (χ3n) is 4.25. The first-order chi connectivity index (χ1) is 13.0. The van der Waals surface area contributed by atoms with Gasteiger partial charge in [-0.2, -0.15) is 0 Å². The Morgan fingerprint density at radius 1 is 1.22 bits per heavy atom. The van der Waals surface area contributed by atoms with Crippen molar-refractivity contribution >= 4 is 34.9 Å². The summed E-state index contributed by atoms with van der Waals surface area (Å²) >= 11 is 12.2. The van der Waals surface area contributed by atoms with Gasteiger partial charge in [0.1, 0.15) is 0 Å². The van der Waals surface area contributed by atoms with Crippen LogP contribution in [0, 0.1) is 10.1 Å². The molecule has 0 radical (unpaired) electrons. The van der Waals surface area contributed by atoms with E-state index in [9.17, 15) is 0 Å². The molecule has 1 aliphatic rings. The first-order valence-electron chi connectivity index (χ1n) is 8.01. The highest BCUT2D eigenvalue weighted by molar-refractivity contribution is 6.42. The molecule has 1 unspecified atom stereocenters. The molecule has 1 atom stereocenters. The molecule has 0 saturated carbocycles. The van der Waals surface area contributed by atoms with Gasteiger partial charge in [0.2, 0.25) is 0 Å². The van der Waals surface area contributed by atoms with Crippen LogP contribution in [0.5, 0.6) is 0 Å². The summed E-state index contributed by atoms with van der Waals surface area (Å²) in [7, 11) is 0. The quantitative estimate of drug-likeness (QED) is 0.471. The lowest BCUT2D eigenvalue weighted by Gasteiger charge is -2.14. The molecule has 0 bridgehead atoms. The zero-order valence-corrected chi connectivity index (χ0v) is 15.5. The van der Waals surface area contributed by atoms with Crippen molar-refractivity contribution in [1.82, 2.24) is 9.55 Å². The lowest BCUT2D eigenvalue weighted by Crippen LogP contribution is -2.05. The summed E-state index contributed by atoms with van der Waals surface area (Å²) in [4.78, 5) is 12.6. The van der Waals surface area contributed by atoms with Crippen LogP contribution in [0.15, 0.2) is 61.2 Å². The molecule has 1 aliphatic carbocycles. The molecule has 0 spiro atoms. The lowest BCUT2D eigenvalue weighted by molar-refractivity contribution is -0.742. The minimum absolute atomic E-state index is 0.254. The number of benzene rings is 2. The first kappa shape index (κ1) is 18.9. The number of imidazole rings is 1. The Morgan fingerprint density at radius 3 is 2.63 bits per heavy atom. The average molecular weight is 404 g/mol. The van der Waals surface area contributed by atoms with Crippen molar-refractivity contribution in [2.75, 3.05) is 0 Å². The summed E-state index contributed by atoms with van der Waals surface area (Å²) in [5.74, 6) is 0. The molecule has 2 aromatic carbocycles. The van der Waals surface area contributed by atoms with Gasteiger partial charge in [-0.3, -0.25) is 0 Å². The van der Waals surface area contributed by atoms with E-state index in [1.165, 1.54) is 16.7 Å². The Bertz CT molecular complexity index is 984.